The van der Waals surface area contributed by atoms with Crippen molar-refractivity contribution in [2.24, 2.45) is 0 Å². The van der Waals surface area contributed by atoms with Crippen molar-refractivity contribution in [2.75, 3.05) is 20.8 Å². The van der Waals surface area contributed by atoms with Gasteiger partial charge in [0.05, 0.1) is 11.7 Å². The molecule has 2 aromatic rings. The average molecular weight is 367 g/mol. The third kappa shape index (κ3) is 3.88. The summed E-state index contributed by atoms with van der Waals surface area (Å²) in [6.45, 7) is 2.02. The van der Waals surface area contributed by atoms with Crippen molar-refractivity contribution in [2.45, 2.75) is 50.0 Å². The van der Waals surface area contributed by atoms with Crippen LogP contribution < -0.4 is 4.74 Å². The lowest BCUT2D eigenvalue weighted by atomic mass is 9.79. The first-order chi connectivity index (χ1) is 13.2. The first-order valence-electron chi connectivity index (χ1n) is 9.86. The van der Waals surface area contributed by atoms with Crippen LogP contribution in [0.5, 0.6) is 11.5 Å². The molecule has 1 saturated heterocycles. The topological polar surface area (TPSA) is 30.9 Å². The molecule has 1 heterocycles. The number of nitrogens with zero attached hydrogens (tertiary/aromatic N) is 1. The summed E-state index contributed by atoms with van der Waals surface area (Å²) in [7, 11) is 3.70. The minimum absolute atomic E-state index is 0.00535. The van der Waals surface area contributed by atoms with Gasteiger partial charge in [-0.1, -0.05) is 30.3 Å². The molecule has 1 aliphatic heterocycles. The standard InChI is InChI=1S/C23H29NO3/c1-25-21-12-13-23(26-2)14-15-24(22(23)16-21)17-18-8-10-20(11-9-18)27-19-6-4-3-5-7-19/h3-11,21-22H,12-17H2,1-2H3/t21-,22-,23+/m0/s1. The first kappa shape index (κ1) is 18.5. The second-order valence-electron chi connectivity index (χ2n) is 7.70. The maximum atomic E-state index is 6.03. The molecule has 4 rings (SSSR count). The number of benzene rings is 2. The van der Waals surface area contributed by atoms with Crippen LogP contribution in [0.4, 0.5) is 0 Å². The zero-order valence-electron chi connectivity index (χ0n) is 16.3. The van der Waals surface area contributed by atoms with E-state index < -0.39 is 0 Å². The van der Waals surface area contributed by atoms with Gasteiger partial charge in [0.1, 0.15) is 11.5 Å². The van der Waals surface area contributed by atoms with Crippen LogP contribution in [0.2, 0.25) is 0 Å². The Balaban J connectivity index is 1.42. The van der Waals surface area contributed by atoms with E-state index in [1.807, 2.05) is 44.6 Å². The number of fused-ring (bicyclic) bond motifs is 1. The molecule has 0 spiro atoms. The van der Waals surface area contributed by atoms with Gasteiger partial charge in [-0.25, -0.2) is 0 Å². The zero-order valence-corrected chi connectivity index (χ0v) is 16.3. The van der Waals surface area contributed by atoms with Gasteiger partial charge in [0.15, 0.2) is 0 Å². The average Bonchev–Trinajstić information content (AvgIpc) is 3.08. The van der Waals surface area contributed by atoms with E-state index in [4.69, 9.17) is 14.2 Å². The summed E-state index contributed by atoms with van der Waals surface area (Å²) in [5.41, 5.74) is 1.31. The minimum atomic E-state index is 0.00535. The normalized spacial score (nSPS) is 28.1. The molecule has 0 amide bonds. The van der Waals surface area contributed by atoms with Gasteiger partial charge in [-0.3, -0.25) is 4.90 Å². The van der Waals surface area contributed by atoms with Gasteiger partial charge in [-0.15, -0.1) is 0 Å². The maximum Gasteiger partial charge on any atom is 0.127 e. The lowest BCUT2D eigenvalue weighted by molar-refractivity contribution is -0.0947. The molecule has 0 aromatic heterocycles. The number of hydrogen-bond acceptors (Lipinski definition) is 4. The van der Waals surface area contributed by atoms with Crippen LogP contribution in [0.25, 0.3) is 0 Å². The largest absolute Gasteiger partial charge is 0.457 e. The predicted octanol–water partition coefficient (Wildman–Crippen LogP) is 4.64. The first-order valence-corrected chi connectivity index (χ1v) is 9.86. The third-order valence-corrected chi connectivity index (χ3v) is 6.27. The Morgan fingerprint density at radius 1 is 0.963 bits per heavy atom. The van der Waals surface area contributed by atoms with E-state index in [9.17, 15) is 0 Å². The third-order valence-electron chi connectivity index (χ3n) is 6.27. The van der Waals surface area contributed by atoms with Crippen molar-refractivity contribution in [1.82, 2.24) is 4.90 Å². The van der Waals surface area contributed by atoms with Crippen LogP contribution in [-0.4, -0.2) is 43.4 Å². The quantitative estimate of drug-likeness (QED) is 0.744. The van der Waals surface area contributed by atoms with Crippen molar-refractivity contribution in [1.29, 1.82) is 0 Å². The number of methoxy groups -OCH3 is 2. The molecule has 2 aromatic carbocycles. The Bertz CT molecular complexity index is 733. The van der Waals surface area contributed by atoms with E-state index in [1.54, 1.807) is 0 Å². The van der Waals surface area contributed by atoms with Crippen molar-refractivity contribution < 1.29 is 14.2 Å². The van der Waals surface area contributed by atoms with Crippen molar-refractivity contribution in [3.8, 4) is 11.5 Å². The Hall–Kier alpha value is -1.88. The van der Waals surface area contributed by atoms with Gasteiger partial charge in [-0.05, 0) is 55.5 Å². The smallest absolute Gasteiger partial charge is 0.127 e. The Morgan fingerprint density at radius 2 is 1.70 bits per heavy atom. The summed E-state index contributed by atoms with van der Waals surface area (Å²) in [5, 5.41) is 0. The van der Waals surface area contributed by atoms with Crippen LogP contribution >= 0.6 is 0 Å². The Labute approximate surface area is 162 Å². The van der Waals surface area contributed by atoms with Crippen LogP contribution in [0.1, 0.15) is 31.2 Å². The molecule has 27 heavy (non-hydrogen) atoms. The Morgan fingerprint density at radius 3 is 2.41 bits per heavy atom. The molecular formula is C23H29NO3. The molecule has 2 aliphatic rings. The van der Waals surface area contributed by atoms with Gasteiger partial charge in [0.2, 0.25) is 0 Å². The van der Waals surface area contributed by atoms with Gasteiger partial charge in [0.25, 0.3) is 0 Å². The van der Waals surface area contributed by atoms with Gasteiger partial charge < -0.3 is 14.2 Å². The van der Waals surface area contributed by atoms with Crippen LogP contribution in [-0.2, 0) is 16.0 Å². The summed E-state index contributed by atoms with van der Waals surface area (Å²) in [6, 6.07) is 18.8. The molecule has 144 valence electrons. The predicted molar refractivity (Wildman–Crippen MR) is 106 cm³/mol. The second-order valence-corrected chi connectivity index (χ2v) is 7.70. The fourth-order valence-corrected chi connectivity index (χ4v) is 4.68. The van der Waals surface area contributed by atoms with E-state index in [0.717, 1.165) is 50.3 Å². The summed E-state index contributed by atoms with van der Waals surface area (Å²) in [6.07, 6.45) is 4.70. The second kappa shape index (κ2) is 8.01. The highest BCUT2D eigenvalue weighted by Crippen LogP contribution is 2.43. The zero-order chi connectivity index (χ0) is 18.7. The van der Waals surface area contributed by atoms with Crippen LogP contribution in [0, 0.1) is 0 Å². The highest BCUT2D eigenvalue weighted by molar-refractivity contribution is 5.33. The molecular weight excluding hydrogens is 338 g/mol. The number of hydrogen-bond donors (Lipinski definition) is 0. The molecule has 0 unspecified atom stereocenters. The van der Waals surface area contributed by atoms with E-state index in [0.29, 0.717) is 12.1 Å². The summed E-state index contributed by atoms with van der Waals surface area (Å²) >= 11 is 0. The van der Waals surface area contributed by atoms with Crippen LogP contribution in [0.15, 0.2) is 54.6 Å². The SMILES string of the molecule is CO[C@H]1CC[C@@]2(OC)CCN(Cc3ccc(Oc4ccccc4)cc3)[C@H]2C1. The van der Waals surface area contributed by atoms with Crippen LogP contribution in [0.3, 0.4) is 0 Å². The van der Waals surface area contributed by atoms with Crippen molar-refractivity contribution in [3.05, 3.63) is 60.2 Å². The monoisotopic (exact) mass is 367 g/mol. The minimum Gasteiger partial charge on any atom is -0.457 e. The summed E-state index contributed by atoms with van der Waals surface area (Å²) < 4.78 is 17.6. The molecule has 0 radical (unpaired) electrons. The van der Waals surface area contributed by atoms with Gasteiger partial charge in [0, 0.05) is 33.4 Å². The molecule has 3 atom stereocenters. The molecule has 2 fully saturated rings. The van der Waals surface area contributed by atoms with E-state index in [2.05, 4.69) is 29.2 Å². The van der Waals surface area contributed by atoms with Gasteiger partial charge in [-0.2, -0.15) is 0 Å². The highest BCUT2D eigenvalue weighted by Gasteiger charge is 2.50. The summed E-state index contributed by atoms with van der Waals surface area (Å²) in [4.78, 5) is 2.57. The maximum absolute atomic E-state index is 6.03. The van der Waals surface area contributed by atoms with E-state index >= 15 is 0 Å². The molecule has 1 saturated carbocycles. The Kier molecular flexibility index (Phi) is 5.48. The number of para-hydroxylation sites is 1. The molecule has 1 aliphatic carbocycles. The van der Waals surface area contributed by atoms with Crippen molar-refractivity contribution >= 4 is 0 Å². The number of rotatable bonds is 6. The molecule has 0 N–H and O–H groups in total. The van der Waals surface area contributed by atoms with Gasteiger partial charge >= 0.3 is 0 Å². The van der Waals surface area contributed by atoms with E-state index in [-0.39, 0.29) is 5.60 Å². The fourth-order valence-electron chi connectivity index (χ4n) is 4.68. The fraction of sp³-hybridized carbons (Fsp3) is 0.478. The molecule has 4 heteroatoms. The lowest BCUT2D eigenvalue weighted by Gasteiger charge is -2.43. The number of ether oxygens (including phenoxy) is 3. The molecule has 4 nitrogen and oxygen atoms in total. The van der Waals surface area contributed by atoms with E-state index in [1.165, 1.54) is 5.56 Å². The molecule has 0 bridgehead atoms. The number of likely N-dealkylation sites (tertiary alicyclic amines) is 1. The summed E-state index contributed by atoms with van der Waals surface area (Å²) in [5.74, 6) is 1.73. The highest BCUT2D eigenvalue weighted by atomic mass is 16.5. The van der Waals surface area contributed by atoms with Crippen molar-refractivity contribution in [3.63, 3.8) is 0 Å². The lowest BCUT2D eigenvalue weighted by Crippen LogP contribution is -2.51.